The average molecular weight is 408 g/mol. The van der Waals surface area contributed by atoms with Gasteiger partial charge < -0.3 is 24.4 Å². The Hall–Kier alpha value is -3.32. The summed E-state index contributed by atoms with van der Waals surface area (Å²) in [5, 5.41) is 11.1. The van der Waals surface area contributed by atoms with E-state index in [9.17, 15) is 14.7 Å². The number of aliphatic hydroxyl groups is 1. The summed E-state index contributed by atoms with van der Waals surface area (Å²) in [5.41, 5.74) is 1.27. The molecule has 0 aliphatic carbocycles. The van der Waals surface area contributed by atoms with Crippen LogP contribution in [-0.2, 0) is 9.59 Å². The van der Waals surface area contributed by atoms with Crippen molar-refractivity contribution in [2.24, 2.45) is 0 Å². The number of carbonyl (C=O) groups is 2. The molecular weight excluding hydrogens is 384 g/mol. The zero-order valence-electron chi connectivity index (χ0n) is 17.0. The summed E-state index contributed by atoms with van der Waals surface area (Å²) in [6, 6.07) is 13.6. The topological polar surface area (TPSA) is 79.3 Å². The van der Waals surface area contributed by atoms with E-state index < -0.39 is 17.7 Å². The van der Waals surface area contributed by atoms with Crippen molar-refractivity contribution in [3.05, 3.63) is 65.2 Å². The Morgan fingerprint density at radius 3 is 2.47 bits per heavy atom. The maximum atomic E-state index is 13.0. The number of aliphatic hydroxyl groups excluding tert-OH is 1. The van der Waals surface area contributed by atoms with Gasteiger partial charge in [0.15, 0.2) is 11.5 Å². The second-order valence-electron chi connectivity index (χ2n) is 7.56. The first-order valence-electron chi connectivity index (χ1n) is 9.85. The average Bonchev–Trinajstić information content (AvgIpc) is 3.02. The van der Waals surface area contributed by atoms with Crippen LogP contribution in [0.5, 0.6) is 11.5 Å². The first-order valence-corrected chi connectivity index (χ1v) is 9.85. The molecular formula is C23H24N2O5. The van der Waals surface area contributed by atoms with Crippen LogP contribution in [0.3, 0.4) is 0 Å². The lowest BCUT2D eigenvalue weighted by Crippen LogP contribution is -2.35. The van der Waals surface area contributed by atoms with Gasteiger partial charge >= 0.3 is 0 Å². The highest BCUT2D eigenvalue weighted by atomic mass is 16.6. The summed E-state index contributed by atoms with van der Waals surface area (Å²) < 4.78 is 11.1. The number of hydrogen-bond donors (Lipinski definition) is 1. The van der Waals surface area contributed by atoms with Crippen molar-refractivity contribution in [1.29, 1.82) is 0 Å². The van der Waals surface area contributed by atoms with Crippen LogP contribution in [0.25, 0.3) is 5.76 Å². The van der Waals surface area contributed by atoms with Crippen LogP contribution in [0, 0.1) is 0 Å². The van der Waals surface area contributed by atoms with Crippen molar-refractivity contribution in [3.8, 4) is 11.5 Å². The lowest BCUT2D eigenvalue weighted by atomic mass is 9.95. The number of rotatable bonds is 5. The summed E-state index contributed by atoms with van der Waals surface area (Å²) in [5.74, 6) is -0.418. The minimum atomic E-state index is -0.685. The van der Waals surface area contributed by atoms with Crippen molar-refractivity contribution in [3.63, 3.8) is 0 Å². The second kappa shape index (κ2) is 8.20. The van der Waals surface area contributed by atoms with Crippen LogP contribution in [0.4, 0.5) is 0 Å². The zero-order valence-corrected chi connectivity index (χ0v) is 17.0. The largest absolute Gasteiger partial charge is 0.507 e. The molecule has 0 bridgehead atoms. The molecule has 0 spiro atoms. The van der Waals surface area contributed by atoms with Crippen molar-refractivity contribution < 1.29 is 24.2 Å². The van der Waals surface area contributed by atoms with E-state index in [1.54, 1.807) is 18.2 Å². The Balaban J connectivity index is 1.81. The molecule has 2 heterocycles. The summed E-state index contributed by atoms with van der Waals surface area (Å²) >= 11 is 0. The number of fused-ring (bicyclic) bond motifs is 1. The van der Waals surface area contributed by atoms with E-state index in [0.29, 0.717) is 43.4 Å². The summed E-state index contributed by atoms with van der Waals surface area (Å²) in [7, 11) is 3.81. The Kier molecular flexibility index (Phi) is 5.46. The highest BCUT2D eigenvalue weighted by Crippen LogP contribution is 2.40. The lowest BCUT2D eigenvalue weighted by molar-refractivity contribution is -0.140. The molecule has 0 aromatic heterocycles. The molecule has 2 aliphatic rings. The van der Waals surface area contributed by atoms with E-state index in [1.165, 1.54) is 4.90 Å². The third-order valence-corrected chi connectivity index (χ3v) is 5.26. The maximum absolute atomic E-state index is 13.0. The number of hydrogen-bond acceptors (Lipinski definition) is 6. The molecule has 2 aromatic rings. The molecule has 1 amide bonds. The van der Waals surface area contributed by atoms with E-state index in [0.717, 1.165) is 5.56 Å². The standard InChI is InChI=1S/C23H24N2O5/c1-24(2)10-11-25-20(15-6-4-3-5-7-15)19(22(27)23(25)28)21(26)16-8-9-17-18(14-16)30-13-12-29-17/h3-9,14,20,26H,10-13H2,1-2H3/b21-19-. The summed E-state index contributed by atoms with van der Waals surface area (Å²) in [4.78, 5) is 29.3. The van der Waals surface area contributed by atoms with Gasteiger partial charge in [0.1, 0.15) is 19.0 Å². The van der Waals surface area contributed by atoms with Gasteiger partial charge in [-0.25, -0.2) is 0 Å². The Labute approximate surface area is 175 Å². The molecule has 1 saturated heterocycles. The molecule has 30 heavy (non-hydrogen) atoms. The van der Waals surface area contributed by atoms with Gasteiger partial charge in [0.25, 0.3) is 11.7 Å². The number of benzene rings is 2. The van der Waals surface area contributed by atoms with Gasteiger partial charge in [-0.15, -0.1) is 0 Å². The normalized spacial score (nSPS) is 20.1. The molecule has 156 valence electrons. The van der Waals surface area contributed by atoms with Gasteiger partial charge in [-0.3, -0.25) is 9.59 Å². The predicted octanol–water partition coefficient (Wildman–Crippen LogP) is 2.44. The fourth-order valence-corrected chi connectivity index (χ4v) is 3.75. The van der Waals surface area contributed by atoms with Gasteiger partial charge in [-0.1, -0.05) is 30.3 Å². The van der Waals surface area contributed by atoms with Crippen LogP contribution in [0.1, 0.15) is 17.2 Å². The van der Waals surface area contributed by atoms with Gasteiger partial charge in [0, 0.05) is 18.7 Å². The minimum absolute atomic E-state index is 0.0848. The third kappa shape index (κ3) is 3.64. The summed E-state index contributed by atoms with van der Waals surface area (Å²) in [6.45, 7) is 1.84. The Morgan fingerprint density at radius 1 is 1.07 bits per heavy atom. The zero-order chi connectivity index (χ0) is 21.3. The molecule has 7 nitrogen and oxygen atoms in total. The lowest BCUT2D eigenvalue weighted by Gasteiger charge is -2.26. The number of ether oxygens (including phenoxy) is 2. The molecule has 1 N–H and O–H groups in total. The van der Waals surface area contributed by atoms with E-state index in [2.05, 4.69) is 0 Å². The van der Waals surface area contributed by atoms with E-state index >= 15 is 0 Å². The number of ketones is 1. The first kappa shape index (κ1) is 20.0. The monoisotopic (exact) mass is 408 g/mol. The van der Waals surface area contributed by atoms with Crippen molar-refractivity contribution >= 4 is 17.4 Å². The van der Waals surface area contributed by atoms with E-state index in [4.69, 9.17) is 9.47 Å². The third-order valence-electron chi connectivity index (χ3n) is 5.26. The van der Waals surface area contributed by atoms with Gasteiger partial charge in [0.2, 0.25) is 0 Å². The maximum Gasteiger partial charge on any atom is 0.295 e. The fraction of sp³-hybridized carbons (Fsp3) is 0.304. The van der Waals surface area contributed by atoms with Crippen LogP contribution >= 0.6 is 0 Å². The smallest absolute Gasteiger partial charge is 0.295 e. The van der Waals surface area contributed by atoms with Crippen molar-refractivity contribution in [2.75, 3.05) is 40.4 Å². The SMILES string of the molecule is CN(C)CCN1C(=O)C(=O)/C(=C(\O)c2ccc3c(c2)OCCO3)C1c1ccccc1. The Bertz CT molecular complexity index is 1000. The van der Waals surface area contributed by atoms with Crippen LogP contribution in [-0.4, -0.2) is 67.0 Å². The number of likely N-dealkylation sites (N-methyl/N-ethyl adjacent to an activating group) is 1. The van der Waals surface area contributed by atoms with Crippen molar-refractivity contribution in [1.82, 2.24) is 9.80 Å². The molecule has 1 atom stereocenters. The number of carbonyl (C=O) groups excluding carboxylic acids is 2. The number of Topliss-reactive ketones (excluding diaryl/α,β-unsaturated/α-hetero) is 1. The minimum Gasteiger partial charge on any atom is -0.507 e. The molecule has 2 aromatic carbocycles. The molecule has 0 radical (unpaired) electrons. The van der Waals surface area contributed by atoms with Gasteiger partial charge in [-0.05, 0) is 37.9 Å². The van der Waals surface area contributed by atoms with E-state index in [-0.39, 0.29) is 11.3 Å². The van der Waals surface area contributed by atoms with E-state index in [1.807, 2.05) is 49.3 Å². The highest BCUT2D eigenvalue weighted by Gasteiger charge is 2.45. The molecule has 7 heteroatoms. The Morgan fingerprint density at radius 2 is 1.77 bits per heavy atom. The fourth-order valence-electron chi connectivity index (χ4n) is 3.75. The number of nitrogens with zero attached hydrogens (tertiary/aromatic N) is 2. The predicted molar refractivity (Wildman–Crippen MR) is 111 cm³/mol. The van der Waals surface area contributed by atoms with Crippen LogP contribution in [0.15, 0.2) is 54.1 Å². The molecule has 0 saturated carbocycles. The number of likely N-dealkylation sites (tertiary alicyclic amines) is 1. The molecule has 4 rings (SSSR count). The van der Waals surface area contributed by atoms with Crippen LogP contribution < -0.4 is 9.47 Å². The summed E-state index contributed by atoms with van der Waals surface area (Å²) in [6.07, 6.45) is 0. The molecule has 1 fully saturated rings. The first-order chi connectivity index (χ1) is 14.5. The van der Waals surface area contributed by atoms with Gasteiger partial charge in [0.05, 0.1) is 11.6 Å². The number of amides is 1. The highest BCUT2D eigenvalue weighted by molar-refractivity contribution is 6.46. The van der Waals surface area contributed by atoms with Crippen LogP contribution in [0.2, 0.25) is 0 Å². The molecule has 1 unspecified atom stereocenters. The second-order valence-corrected chi connectivity index (χ2v) is 7.56. The van der Waals surface area contributed by atoms with Crippen molar-refractivity contribution in [2.45, 2.75) is 6.04 Å². The van der Waals surface area contributed by atoms with Gasteiger partial charge in [-0.2, -0.15) is 0 Å². The molecule has 2 aliphatic heterocycles. The quantitative estimate of drug-likeness (QED) is 0.465.